The van der Waals surface area contributed by atoms with Crippen molar-refractivity contribution in [2.24, 2.45) is 0 Å². The second-order valence-electron chi connectivity index (χ2n) is 20.8. The zero-order valence-electron chi connectivity index (χ0n) is 42.3. The summed E-state index contributed by atoms with van der Waals surface area (Å²) in [6.07, 6.45) is 2.11. The normalized spacial score (nSPS) is 18.3. The average Bonchev–Trinajstić information content (AvgIpc) is 3.95. The van der Waals surface area contributed by atoms with Crippen LogP contribution in [-0.4, -0.2) is 102 Å². The molecule has 2 atom stereocenters. The molecule has 73 heavy (non-hydrogen) atoms. The first-order valence-corrected chi connectivity index (χ1v) is 35.1. The molecule has 14 nitrogen and oxygen atoms in total. The quantitative estimate of drug-likeness (QED) is 0.0176. The van der Waals surface area contributed by atoms with Crippen LogP contribution in [0.4, 0.5) is 0 Å². The molecule has 10 rings (SSSR count). The molecule has 4 aromatic heterocycles. The molecular weight excluding hydrogens is 1110 g/mol. The molecule has 4 N–H and O–H groups in total. The molecule has 0 bridgehead atoms. The van der Waals surface area contributed by atoms with Crippen LogP contribution in [0.3, 0.4) is 0 Å². The maximum absolute atomic E-state index is 13.6. The molecule has 0 saturated heterocycles. The Kier molecular flexibility index (Phi) is 16.7. The first-order valence-electron chi connectivity index (χ1n) is 24.9. The Morgan fingerprint density at radius 3 is 1.51 bits per heavy atom. The fraction of sp³-hybridized carbons (Fsp3) is 0.444. The summed E-state index contributed by atoms with van der Waals surface area (Å²) >= 11 is 8.00. The van der Waals surface area contributed by atoms with Gasteiger partial charge in [0.15, 0.2) is 11.2 Å². The number of hydrogen-bond acceptors (Lipinski definition) is 14. The SMILES string of the molecule is CC[C@@]1(O)C(=O)OCc2c1cc1n(c2=O)Cc2c-1nc1ccccc1c2CC[Si](C)(C)CI.CC[C@@]1(O)C(=O)OCc2c1cc1n(c2=O)Cc2c-1nc1ccccc1c2CC[Si](C)(C)CSCCO.OCCS. The van der Waals surface area contributed by atoms with Gasteiger partial charge in [-0.15, -0.1) is 0 Å². The summed E-state index contributed by atoms with van der Waals surface area (Å²) in [6.45, 7) is 14.1. The highest BCUT2D eigenvalue weighted by Crippen LogP contribution is 2.43. The predicted molar refractivity (Wildman–Crippen MR) is 305 cm³/mol. The molecular formula is C54H65IN4O10S2Si2. The minimum Gasteiger partial charge on any atom is -0.458 e. The largest absolute Gasteiger partial charge is 0.458 e. The van der Waals surface area contributed by atoms with E-state index >= 15 is 0 Å². The smallest absolute Gasteiger partial charge is 0.343 e. The molecule has 388 valence electrons. The number of fused-ring (bicyclic) bond motifs is 10. The second kappa shape index (κ2) is 22.2. The van der Waals surface area contributed by atoms with Crippen LogP contribution in [0.1, 0.15) is 71.2 Å². The Bertz CT molecular complexity index is 3260. The number of aliphatic hydroxyl groups is 4. The van der Waals surface area contributed by atoms with Crippen LogP contribution in [0.2, 0.25) is 38.3 Å². The Morgan fingerprint density at radius 2 is 1.11 bits per heavy atom. The van der Waals surface area contributed by atoms with Crippen molar-refractivity contribution in [1.82, 2.24) is 19.1 Å². The minimum atomic E-state index is -1.83. The summed E-state index contributed by atoms with van der Waals surface area (Å²) in [5.41, 5.74) is 6.61. The van der Waals surface area contributed by atoms with Crippen molar-refractivity contribution in [1.29, 1.82) is 0 Å². The van der Waals surface area contributed by atoms with E-state index in [1.54, 1.807) is 35.1 Å². The standard InChI is InChI=1S/C27H32N2O5SSi.C25H27IN2O4Si.C2H6OS/c1-4-27(33)21-13-23-24-19(14-29(23)25(31)20(21)15-34-26(27)32)17(18-7-5-6-8-22(18)28-24)9-12-36(2,3)16-35-11-10-30;1-4-25(31)19-11-21-22-17(12-28(21)23(29)18(19)13-32-24(25)30)15(9-10-33(2,3)14-26)16-7-5-6-8-20(16)27-22;3-1-2-4/h5-8,13,30,33H,4,9-12,14-16H2,1-3H3;5-8,11,31H,4,9-10,12-14H2,1-3H3;3-4H,1-2H2/t27-;25-;/m00./s1. The number of thiol groups is 1. The lowest BCUT2D eigenvalue weighted by Crippen LogP contribution is -2.44. The number of thioether (sulfide) groups is 1. The lowest BCUT2D eigenvalue weighted by Gasteiger charge is -2.31. The molecule has 0 amide bonds. The summed E-state index contributed by atoms with van der Waals surface area (Å²) < 4.78 is 15.0. The van der Waals surface area contributed by atoms with Gasteiger partial charge in [0.2, 0.25) is 0 Å². The molecule has 0 spiro atoms. The van der Waals surface area contributed by atoms with Gasteiger partial charge in [-0.25, -0.2) is 19.6 Å². The summed E-state index contributed by atoms with van der Waals surface area (Å²) in [5.74, 6) is -0.0693. The molecule has 19 heteroatoms. The number of benzene rings is 2. The van der Waals surface area contributed by atoms with Crippen LogP contribution >= 0.6 is 47.0 Å². The van der Waals surface area contributed by atoms with Crippen LogP contribution < -0.4 is 11.1 Å². The van der Waals surface area contributed by atoms with Crippen molar-refractivity contribution in [3.8, 4) is 22.8 Å². The fourth-order valence-electron chi connectivity index (χ4n) is 10.3. The molecule has 0 radical (unpaired) electrons. The number of esters is 2. The van der Waals surface area contributed by atoms with Gasteiger partial charge in [-0.2, -0.15) is 24.4 Å². The zero-order valence-corrected chi connectivity index (χ0v) is 48.2. The third-order valence-corrected chi connectivity index (χ3v) is 29.5. The number of cyclic esters (lactones) is 2. The number of para-hydroxylation sites is 2. The van der Waals surface area contributed by atoms with Crippen molar-refractivity contribution >= 4 is 96.9 Å². The van der Waals surface area contributed by atoms with Crippen LogP contribution in [-0.2, 0) is 69.4 Å². The third-order valence-electron chi connectivity index (χ3n) is 14.7. The first-order chi connectivity index (χ1) is 34.8. The zero-order chi connectivity index (χ0) is 52.6. The number of alkyl halides is 1. The number of aryl methyl sites for hydroxylation is 2. The van der Waals surface area contributed by atoms with E-state index in [9.17, 15) is 29.4 Å². The molecule has 0 aliphatic carbocycles. The number of carbonyl (C=O) groups is 2. The average molecular weight is 1180 g/mol. The van der Waals surface area contributed by atoms with E-state index < -0.39 is 39.3 Å². The molecule has 4 aliphatic heterocycles. The Morgan fingerprint density at radius 1 is 0.685 bits per heavy atom. The lowest BCUT2D eigenvalue weighted by molar-refractivity contribution is -0.172. The number of nitrogens with zero attached hydrogens (tertiary/aromatic N) is 4. The molecule has 6 aromatic rings. The molecule has 0 fully saturated rings. The van der Waals surface area contributed by atoms with E-state index in [0.717, 1.165) is 80.4 Å². The highest BCUT2D eigenvalue weighted by atomic mass is 127. The second-order valence-corrected chi connectivity index (χ2v) is 35.4. The molecule has 4 aliphatic rings. The van der Waals surface area contributed by atoms with E-state index in [2.05, 4.69) is 73.5 Å². The summed E-state index contributed by atoms with van der Waals surface area (Å²) in [5, 5.41) is 42.5. The summed E-state index contributed by atoms with van der Waals surface area (Å²) in [7, 11) is -2.82. The Labute approximate surface area is 450 Å². The summed E-state index contributed by atoms with van der Waals surface area (Å²) in [6, 6.07) is 22.1. The van der Waals surface area contributed by atoms with Crippen molar-refractivity contribution < 1.29 is 39.5 Å². The number of hydrogen-bond donors (Lipinski definition) is 5. The Hall–Kier alpha value is -4.20. The van der Waals surface area contributed by atoms with Crippen molar-refractivity contribution in [2.45, 2.75) is 115 Å². The topological polar surface area (TPSA) is 203 Å². The fourth-order valence-corrected chi connectivity index (χ4v) is 16.9. The van der Waals surface area contributed by atoms with Gasteiger partial charge in [0, 0.05) is 44.5 Å². The highest BCUT2D eigenvalue weighted by Gasteiger charge is 2.47. The number of halogens is 1. The number of aliphatic hydroxyl groups excluding tert-OH is 2. The maximum Gasteiger partial charge on any atom is 0.343 e. The molecule has 0 saturated carbocycles. The van der Waals surface area contributed by atoms with Gasteiger partial charge in [-0.05, 0) is 70.5 Å². The van der Waals surface area contributed by atoms with E-state index in [1.165, 1.54) is 15.2 Å². The van der Waals surface area contributed by atoms with E-state index in [0.29, 0.717) is 52.5 Å². The minimum absolute atomic E-state index is 0.107. The number of carbonyl (C=O) groups excluding carboxylic acids is 2. The number of pyridine rings is 4. The van der Waals surface area contributed by atoms with E-state index in [1.807, 2.05) is 48.2 Å². The first kappa shape index (κ1) is 55.0. The van der Waals surface area contributed by atoms with Gasteiger partial charge in [0.1, 0.15) is 13.2 Å². The van der Waals surface area contributed by atoms with Gasteiger partial charge in [0.25, 0.3) is 11.1 Å². The molecule has 0 unspecified atom stereocenters. The van der Waals surface area contributed by atoms with Crippen LogP contribution in [0.25, 0.3) is 44.6 Å². The van der Waals surface area contributed by atoms with Gasteiger partial charge in [-0.1, -0.05) is 111 Å². The third kappa shape index (κ3) is 10.4. The van der Waals surface area contributed by atoms with Crippen LogP contribution in [0.5, 0.6) is 0 Å². The van der Waals surface area contributed by atoms with E-state index in [-0.39, 0.29) is 50.4 Å². The Balaban J connectivity index is 0.000000182. The van der Waals surface area contributed by atoms with Gasteiger partial charge < -0.3 is 39.0 Å². The van der Waals surface area contributed by atoms with E-state index in [4.69, 9.17) is 29.7 Å². The summed E-state index contributed by atoms with van der Waals surface area (Å²) in [4.78, 5) is 61.9. The number of ether oxygens (including phenoxy) is 2. The molecule has 8 heterocycles. The number of rotatable bonds is 14. The van der Waals surface area contributed by atoms with Crippen LogP contribution in [0, 0.1) is 0 Å². The van der Waals surface area contributed by atoms with Crippen molar-refractivity contribution in [3.63, 3.8) is 0 Å². The van der Waals surface area contributed by atoms with Gasteiger partial charge in [0.05, 0.1) is 87.4 Å². The molecule has 2 aromatic carbocycles. The highest BCUT2D eigenvalue weighted by molar-refractivity contribution is 14.1. The maximum atomic E-state index is 13.6. The lowest BCUT2D eigenvalue weighted by atomic mass is 9.86. The van der Waals surface area contributed by atoms with Gasteiger partial charge in [-0.3, -0.25) is 9.59 Å². The van der Waals surface area contributed by atoms with Crippen LogP contribution in [0.15, 0.2) is 70.3 Å². The monoisotopic (exact) mass is 1180 g/mol. The van der Waals surface area contributed by atoms with Crippen molar-refractivity contribution in [3.05, 3.63) is 126 Å². The van der Waals surface area contributed by atoms with Crippen molar-refractivity contribution in [2.75, 3.05) is 34.1 Å². The number of aromatic nitrogens is 4. The predicted octanol–water partition coefficient (Wildman–Crippen LogP) is 7.81. The van der Waals surface area contributed by atoms with Gasteiger partial charge >= 0.3 is 11.9 Å².